The molecule has 2 aromatic carbocycles. The molecule has 0 aliphatic carbocycles. The number of carbonyl (C=O) groups excluding carboxylic acids is 1. The normalized spacial score (nSPS) is 16.2. The Morgan fingerprint density at radius 2 is 1.88 bits per heavy atom. The SMILES string of the molecule is CC(C)c1ccc(CNC(=O)[C@@H]2CCCN(c3ncc(-c4cccc(F)c4)cn3)C2)cc1. The van der Waals surface area contributed by atoms with Gasteiger partial charge in [0.1, 0.15) is 5.82 Å². The molecule has 1 aliphatic rings. The summed E-state index contributed by atoms with van der Waals surface area (Å²) in [6.45, 7) is 6.29. The van der Waals surface area contributed by atoms with Crippen LogP contribution in [-0.4, -0.2) is 29.0 Å². The minimum Gasteiger partial charge on any atom is -0.352 e. The molecule has 5 nitrogen and oxygen atoms in total. The molecule has 0 spiro atoms. The number of nitrogens with zero attached hydrogens (tertiary/aromatic N) is 3. The van der Waals surface area contributed by atoms with Gasteiger partial charge in [0.25, 0.3) is 0 Å². The molecule has 0 unspecified atom stereocenters. The number of anilines is 1. The molecule has 0 saturated carbocycles. The quantitative estimate of drug-likeness (QED) is 0.600. The van der Waals surface area contributed by atoms with Gasteiger partial charge in [0.2, 0.25) is 11.9 Å². The molecule has 32 heavy (non-hydrogen) atoms. The van der Waals surface area contributed by atoms with Crippen molar-refractivity contribution in [2.75, 3.05) is 18.0 Å². The molecule has 6 heteroatoms. The Kier molecular flexibility index (Phi) is 6.78. The first kappa shape index (κ1) is 21.9. The van der Waals surface area contributed by atoms with Crippen LogP contribution in [0, 0.1) is 11.7 Å². The second kappa shape index (κ2) is 9.90. The van der Waals surface area contributed by atoms with E-state index in [0.717, 1.165) is 36.1 Å². The van der Waals surface area contributed by atoms with Crippen LogP contribution in [0.2, 0.25) is 0 Å². The summed E-state index contributed by atoms with van der Waals surface area (Å²) in [4.78, 5) is 23.8. The molecule has 1 N–H and O–H groups in total. The zero-order chi connectivity index (χ0) is 22.5. The maximum Gasteiger partial charge on any atom is 0.225 e. The number of halogens is 1. The third kappa shape index (κ3) is 5.31. The fraction of sp³-hybridized carbons (Fsp3) is 0.346. The zero-order valence-electron chi connectivity index (χ0n) is 18.6. The summed E-state index contributed by atoms with van der Waals surface area (Å²) in [5.41, 5.74) is 3.91. The van der Waals surface area contributed by atoms with Gasteiger partial charge in [-0.25, -0.2) is 14.4 Å². The highest BCUT2D eigenvalue weighted by molar-refractivity contribution is 5.79. The van der Waals surface area contributed by atoms with Crippen molar-refractivity contribution in [2.24, 2.45) is 5.92 Å². The van der Waals surface area contributed by atoms with Gasteiger partial charge in [-0.15, -0.1) is 0 Å². The number of carbonyl (C=O) groups is 1. The minimum absolute atomic E-state index is 0.0685. The van der Waals surface area contributed by atoms with Crippen molar-refractivity contribution in [1.29, 1.82) is 0 Å². The van der Waals surface area contributed by atoms with Gasteiger partial charge in [-0.2, -0.15) is 0 Å². The van der Waals surface area contributed by atoms with E-state index in [1.54, 1.807) is 18.5 Å². The van der Waals surface area contributed by atoms with Gasteiger partial charge in [-0.3, -0.25) is 4.79 Å². The van der Waals surface area contributed by atoms with E-state index in [1.807, 2.05) is 6.07 Å². The maximum atomic E-state index is 13.5. The number of amides is 1. The van der Waals surface area contributed by atoms with Crippen LogP contribution >= 0.6 is 0 Å². The second-order valence-electron chi connectivity index (χ2n) is 8.68. The van der Waals surface area contributed by atoms with Crippen molar-refractivity contribution < 1.29 is 9.18 Å². The predicted molar refractivity (Wildman–Crippen MR) is 125 cm³/mol. The van der Waals surface area contributed by atoms with E-state index < -0.39 is 0 Å². The molecule has 1 saturated heterocycles. The Morgan fingerprint density at radius 3 is 2.56 bits per heavy atom. The Bertz CT molecular complexity index is 1050. The van der Waals surface area contributed by atoms with Gasteiger partial charge < -0.3 is 10.2 Å². The van der Waals surface area contributed by atoms with E-state index in [1.165, 1.54) is 17.7 Å². The lowest BCUT2D eigenvalue weighted by molar-refractivity contribution is -0.125. The molecule has 0 bridgehead atoms. The predicted octanol–water partition coefficient (Wildman–Crippen LogP) is 4.94. The van der Waals surface area contributed by atoms with Crippen molar-refractivity contribution in [3.05, 3.63) is 77.9 Å². The standard InChI is InChI=1S/C26H29FN4O/c1-18(2)20-10-8-19(9-11-20)14-28-25(32)22-6-4-12-31(17-22)26-29-15-23(16-30-26)21-5-3-7-24(27)13-21/h3,5,7-11,13,15-16,18,22H,4,6,12,14,17H2,1-2H3,(H,28,32)/t22-/m1/s1. The highest BCUT2D eigenvalue weighted by Crippen LogP contribution is 2.23. The molecule has 1 aliphatic heterocycles. The number of hydrogen-bond donors (Lipinski definition) is 1. The number of nitrogens with one attached hydrogen (secondary N) is 1. The third-order valence-corrected chi connectivity index (χ3v) is 5.98. The summed E-state index contributed by atoms with van der Waals surface area (Å²) in [7, 11) is 0. The molecule has 3 aromatic rings. The van der Waals surface area contributed by atoms with Crippen molar-refractivity contribution in [3.8, 4) is 11.1 Å². The smallest absolute Gasteiger partial charge is 0.225 e. The van der Waals surface area contributed by atoms with E-state index in [0.29, 0.717) is 25.0 Å². The molecule has 1 atom stereocenters. The second-order valence-corrected chi connectivity index (χ2v) is 8.68. The Balaban J connectivity index is 1.35. The third-order valence-electron chi connectivity index (χ3n) is 5.98. The zero-order valence-corrected chi connectivity index (χ0v) is 18.6. The first-order valence-corrected chi connectivity index (χ1v) is 11.2. The van der Waals surface area contributed by atoms with E-state index in [9.17, 15) is 9.18 Å². The highest BCUT2D eigenvalue weighted by atomic mass is 19.1. The summed E-state index contributed by atoms with van der Waals surface area (Å²) in [5.74, 6) is 0.792. The van der Waals surface area contributed by atoms with Gasteiger partial charge in [0.15, 0.2) is 0 Å². The molecular formula is C26H29FN4O. The van der Waals surface area contributed by atoms with E-state index >= 15 is 0 Å². The van der Waals surface area contributed by atoms with E-state index in [2.05, 4.69) is 58.3 Å². The van der Waals surface area contributed by atoms with Crippen molar-refractivity contribution in [1.82, 2.24) is 15.3 Å². The van der Waals surface area contributed by atoms with Crippen LogP contribution in [0.4, 0.5) is 10.3 Å². The Morgan fingerprint density at radius 1 is 1.12 bits per heavy atom. The molecule has 4 rings (SSSR count). The van der Waals surface area contributed by atoms with Crippen molar-refractivity contribution >= 4 is 11.9 Å². The maximum absolute atomic E-state index is 13.5. The summed E-state index contributed by atoms with van der Waals surface area (Å²) >= 11 is 0. The fourth-order valence-corrected chi connectivity index (χ4v) is 4.03. The number of piperidine rings is 1. The van der Waals surface area contributed by atoms with Crippen LogP contribution < -0.4 is 10.2 Å². The summed E-state index contributed by atoms with van der Waals surface area (Å²) in [6.07, 6.45) is 5.19. The van der Waals surface area contributed by atoms with Crippen LogP contribution in [0.15, 0.2) is 60.9 Å². The topological polar surface area (TPSA) is 58.1 Å². The summed E-state index contributed by atoms with van der Waals surface area (Å²) in [6, 6.07) is 14.8. The molecule has 1 amide bonds. The van der Waals surface area contributed by atoms with E-state index in [4.69, 9.17) is 0 Å². The highest BCUT2D eigenvalue weighted by Gasteiger charge is 2.27. The lowest BCUT2D eigenvalue weighted by Gasteiger charge is -2.32. The molecule has 0 radical (unpaired) electrons. The Labute approximate surface area is 188 Å². The van der Waals surface area contributed by atoms with Gasteiger partial charge in [0, 0.05) is 37.6 Å². The average Bonchev–Trinajstić information content (AvgIpc) is 2.83. The number of aromatic nitrogens is 2. The fourth-order valence-electron chi connectivity index (χ4n) is 4.03. The van der Waals surface area contributed by atoms with Crippen LogP contribution in [0.1, 0.15) is 43.7 Å². The van der Waals surface area contributed by atoms with E-state index in [-0.39, 0.29) is 17.6 Å². The monoisotopic (exact) mass is 432 g/mol. The number of rotatable bonds is 6. The molecule has 166 valence electrons. The summed E-state index contributed by atoms with van der Waals surface area (Å²) in [5, 5.41) is 3.08. The van der Waals surface area contributed by atoms with Crippen LogP contribution in [0.5, 0.6) is 0 Å². The molecular weight excluding hydrogens is 403 g/mol. The largest absolute Gasteiger partial charge is 0.352 e. The van der Waals surface area contributed by atoms with Gasteiger partial charge in [0.05, 0.1) is 5.92 Å². The Hall–Kier alpha value is -3.28. The summed E-state index contributed by atoms with van der Waals surface area (Å²) < 4.78 is 13.5. The first-order valence-electron chi connectivity index (χ1n) is 11.2. The van der Waals surface area contributed by atoms with Gasteiger partial charge >= 0.3 is 0 Å². The van der Waals surface area contributed by atoms with Gasteiger partial charge in [-0.1, -0.05) is 50.2 Å². The van der Waals surface area contributed by atoms with Crippen LogP contribution in [0.3, 0.4) is 0 Å². The van der Waals surface area contributed by atoms with Crippen molar-refractivity contribution in [3.63, 3.8) is 0 Å². The minimum atomic E-state index is -0.285. The molecule has 1 aromatic heterocycles. The lowest BCUT2D eigenvalue weighted by Crippen LogP contribution is -2.43. The lowest BCUT2D eigenvalue weighted by atomic mass is 9.97. The van der Waals surface area contributed by atoms with Gasteiger partial charge in [-0.05, 0) is 47.6 Å². The average molecular weight is 433 g/mol. The van der Waals surface area contributed by atoms with Crippen LogP contribution in [0.25, 0.3) is 11.1 Å². The number of benzene rings is 2. The number of hydrogen-bond acceptors (Lipinski definition) is 4. The van der Waals surface area contributed by atoms with Crippen molar-refractivity contribution in [2.45, 2.75) is 39.2 Å². The molecule has 1 fully saturated rings. The molecule has 2 heterocycles. The first-order chi connectivity index (χ1) is 15.5. The van der Waals surface area contributed by atoms with Crippen LogP contribution in [-0.2, 0) is 11.3 Å².